The quantitative estimate of drug-likeness (QED) is 0.755. The van der Waals surface area contributed by atoms with Crippen molar-refractivity contribution < 1.29 is 22.8 Å². The Labute approximate surface area is 185 Å². The molecular weight excluding hydrogens is 419 g/mol. The van der Waals surface area contributed by atoms with Crippen LogP contribution in [0.5, 0.6) is 0 Å². The third-order valence-electron chi connectivity index (χ3n) is 6.37. The molecule has 2 fully saturated rings. The van der Waals surface area contributed by atoms with E-state index in [4.69, 9.17) is 0 Å². The zero-order valence-corrected chi connectivity index (χ0v) is 17.7. The molecule has 32 heavy (non-hydrogen) atoms. The van der Waals surface area contributed by atoms with Crippen molar-refractivity contribution in [3.63, 3.8) is 0 Å². The maximum atomic E-state index is 14.1. The highest BCUT2D eigenvalue weighted by Gasteiger charge is 2.37. The van der Waals surface area contributed by atoms with Gasteiger partial charge >= 0.3 is 0 Å². The Morgan fingerprint density at radius 3 is 2.25 bits per heavy atom. The predicted molar refractivity (Wildman–Crippen MR) is 115 cm³/mol. The van der Waals surface area contributed by atoms with Gasteiger partial charge in [0, 0.05) is 37.8 Å². The molecule has 1 saturated heterocycles. The number of halogens is 3. The number of carbonyl (C=O) groups excluding carboxylic acids is 2. The summed E-state index contributed by atoms with van der Waals surface area (Å²) < 4.78 is 40.8. The molecule has 1 unspecified atom stereocenters. The van der Waals surface area contributed by atoms with Gasteiger partial charge < -0.3 is 10.2 Å². The van der Waals surface area contributed by atoms with E-state index < -0.39 is 23.5 Å². The highest BCUT2D eigenvalue weighted by atomic mass is 19.1. The Morgan fingerprint density at radius 2 is 1.59 bits per heavy atom. The van der Waals surface area contributed by atoms with Gasteiger partial charge in [0.15, 0.2) is 0 Å². The van der Waals surface area contributed by atoms with E-state index in [2.05, 4.69) is 5.32 Å². The smallest absolute Gasteiger partial charge is 0.254 e. The summed E-state index contributed by atoms with van der Waals surface area (Å²) in [6.07, 6.45) is 3.90. The largest absolute Gasteiger partial charge is 0.336 e. The molecular formula is C24H26F3N3O2. The summed E-state index contributed by atoms with van der Waals surface area (Å²) in [7, 11) is 0. The van der Waals surface area contributed by atoms with E-state index in [1.807, 2.05) is 4.90 Å². The molecule has 5 nitrogen and oxygen atoms in total. The maximum Gasteiger partial charge on any atom is 0.254 e. The van der Waals surface area contributed by atoms with Crippen molar-refractivity contribution in [1.82, 2.24) is 9.80 Å². The standard InChI is InChI=1S/C24H26F3N3O2/c25-18-7-3-6-17(14-18)24(32)30-12-10-29(11-13-30)22(16-4-1-2-5-16)23(31)28-21-9-8-19(26)15-20(21)27/h3,6-9,14-16,22H,1-2,4-5,10-13H2,(H,28,31). The second kappa shape index (κ2) is 9.73. The summed E-state index contributed by atoms with van der Waals surface area (Å²) in [4.78, 5) is 29.6. The summed E-state index contributed by atoms with van der Waals surface area (Å²) in [5, 5.41) is 2.63. The lowest BCUT2D eigenvalue weighted by molar-refractivity contribution is -0.124. The van der Waals surface area contributed by atoms with E-state index >= 15 is 0 Å². The number of benzene rings is 2. The first-order chi connectivity index (χ1) is 15.4. The molecule has 0 radical (unpaired) electrons. The van der Waals surface area contributed by atoms with Crippen LogP contribution in [0.2, 0.25) is 0 Å². The lowest BCUT2D eigenvalue weighted by atomic mass is 9.94. The van der Waals surface area contributed by atoms with Crippen LogP contribution in [0.1, 0.15) is 36.0 Å². The van der Waals surface area contributed by atoms with Gasteiger partial charge in [-0.25, -0.2) is 13.2 Å². The van der Waals surface area contributed by atoms with Crippen LogP contribution in [0, 0.1) is 23.4 Å². The van der Waals surface area contributed by atoms with Crippen LogP contribution in [0.3, 0.4) is 0 Å². The van der Waals surface area contributed by atoms with Gasteiger partial charge in [-0.05, 0) is 49.1 Å². The van der Waals surface area contributed by atoms with E-state index in [0.29, 0.717) is 31.7 Å². The Balaban J connectivity index is 1.45. The molecule has 170 valence electrons. The van der Waals surface area contributed by atoms with Crippen LogP contribution in [0.15, 0.2) is 42.5 Å². The van der Waals surface area contributed by atoms with Crippen LogP contribution < -0.4 is 5.32 Å². The number of rotatable bonds is 5. The molecule has 1 saturated carbocycles. The molecule has 2 aromatic carbocycles. The number of hydrogen-bond acceptors (Lipinski definition) is 3. The predicted octanol–water partition coefficient (Wildman–Crippen LogP) is 4.06. The zero-order chi connectivity index (χ0) is 22.7. The summed E-state index contributed by atoms with van der Waals surface area (Å²) in [6, 6.07) is 8.25. The summed E-state index contributed by atoms with van der Waals surface area (Å²) in [5.74, 6) is -2.38. The number of anilines is 1. The molecule has 0 spiro atoms. The first-order valence-corrected chi connectivity index (χ1v) is 11.0. The average Bonchev–Trinajstić information content (AvgIpc) is 3.30. The van der Waals surface area contributed by atoms with Gasteiger partial charge in [-0.3, -0.25) is 14.5 Å². The van der Waals surface area contributed by atoms with Gasteiger partial charge in [0.1, 0.15) is 17.5 Å². The van der Waals surface area contributed by atoms with Gasteiger partial charge in [-0.2, -0.15) is 0 Å². The Kier molecular flexibility index (Phi) is 6.79. The molecule has 2 aromatic rings. The van der Waals surface area contributed by atoms with Crippen LogP contribution in [-0.4, -0.2) is 53.8 Å². The highest BCUT2D eigenvalue weighted by Crippen LogP contribution is 2.32. The van der Waals surface area contributed by atoms with E-state index in [9.17, 15) is 22.8 Å². The molecule has 2 amide bonds. The van der Waals surface area contributed by atoms with E-state index in [-0.39, 0.29) is 23.4 Å². The van der Waals surface area contributed by atoms with Gasteiger partial charge in [0.05, 0.1) is 11.7 Å². The molecule has 0 aromatic heterocycles. The highest BCUT2D eigenvalue weighted by molar-refractivity contribution is 5.95. The molecule has 1 N–H and O–H groups in total. The molecule has 2 aliphatic rings. The monoisotopic (exact) mass is 445 g/mol. The first kappa shape index (κ1) is 22.3. The lowest BCUT2D eigenvalue weighted by Crippen LogP contribution is -2.57. The van der Waals surface area contributed by atoms with Crippen molar-refractivity contribution in [2.75, 3.05) is 31.5 Å². The minimum absolute atomic E-state index is 0.0423. The Morgan fingerprint density at radius 1 is 0.906 bits per heavy atom. The fraction of sp³-hybridized carbons (Fsp3) is 0.417. The second-order valence-corrected chi connectivity index (χ2v) is 8.44. The SMILES string of the molecule is O=C(Nc1ccc(F)cc1F)C(C1CCCC1)N1CCN(C(=O)c2cccc(F)c2)CC1. The first-order valence-electron chi connectivity index (χ1n) is 11.0. The molecule has 0 bridgehead atoms. The van der Waals surface area contributed by atoms with Gasteiger partial charge in [-0.1, -0.05) is 18.9 Å². The summed E-state index contributed by atoms with van der Waals surface area (Å²) >= 11 is 0. The van der Waals surface area contributed by atoms with E-state index in [0.717, 1.165) is 37.8 Å². The van der Waals surface area contributed by atoms with Crippen molar-refractivity contribution >= 4 is 17.5 Å². The number of amides is 2. The maximum absolute atomic E-state index is 14.1. The third kappa shape index (κ3) is 4.96. The van der Waals surface area contributed by atoms with Crippen LogP contribution >= 0.6 is 0 Å². The van der Waals surface area contributed by atoms with Crippen molar-refractivity contribution in [3.05, 3.63) is 65.5 Å². The van der Waals surface area contributed by atoms with Crippen molar-refractivity contribution in [3.8, 4) is 0 Å². The molecule has 1 heterocycles. The fourth-order valence-electron chi connectivity index (χ4n) is 4.76. The topological polar surface area (TPSA) is 52.7 Å². The minimum atomic E-state index is -0.811. The van der Waals surface area contributed by atoms with Crippen LogP contribution in [0.25, 0.3) is 0 Å². The van der Waals surface area contributed by atoms with E-state index in [1.165, 1.54) is 24.3 Å². The molecule has 4 rings (SSSR count). The average molecular weight is 445 g/mol. The Bertz CT molecular complexity index is 986. The molecule has 1 atom stereocenters. The van der Waals surface area contributed by atoms with Crippen LogP contribution in [-0.2, 0) is 4.79 Å². The Hall–Kier alpha value is -2.87. The van der Waals surface area contributed by atoms with Crippen molar-refractivity contribution in [2.24, 2.45) is 5.92 Å². The number of nitrogens with one attached hydrogen (secondary N) is 1. The van der Waals surface area contributed by atoms with Gasteiger partial charge in [-0.15, -0.1) is 0 Å². The zero-order valence-electron chi connectivity index (χ0n) is 17.7. The van der Waals surface area contributed by atoms with Crippen molar-refractivity contribution in [1.29, 1.82) is 0 Å². The number of nitrogens with zero attached hydrogens (tertiary/aromatic N) is 2. The van der Waals surface area contributed by atoms with E-state index in [1.54, 1.807) is 11.0 Å². The second-order valence-electron chi connectivity index (χ2n) is 8.44. The number of hydrogen-bond donors (Lipinski definition) is 1. The fourth-order valence-corrected chi connectivity index (χ4v) is 4.76. The third-order valence-corrected chi connectivity index (χ3v) is 6.37. The van der Waals surface area contributed by atoms with Gasteiger partial charge in [0.25, 0.3) is 5.91 Å². The van der Waals surface area contributed by atoms with Crippen molar-refractivity contribution in [2.45, 2.75) is 31.7 Å². The lowest BCUT2D eigenvalue weighted by Gasteiger charge is -2.40. The van der Waals surface area contributed by atoms with Gasteiger partial charge in [0.2, 0.25) is 5.91 Å². The summed E-state index contributed by atoms with van der Waals surface area (Å²) in [6.45, 7) is 1.80. The number of piperazine rings is 1. The molecule has 8 heteroatoms. The molecule has 1 aliphatic heterocycles. The number of carbonyl (C=O) groups is 2. The minimum Gasteiger partial charge on any atom is -0.336 e. The normalized spacial score (nSPS) is 18.5. The molecule has 1 aliphatic carbocycles. The summed E-state index contributed by atoms with van der Waals surface area (Å²) in [5.41, 5.74) is 0.259. The van der Waals surface area contributed by atoms with Crippen LogP contribution in [0.4, 0.5) is 18.9 Å².